The fraction of sp³-hybridized carbons (Fsp3) is 0.429. The number of esters is 1. The molecular weight excluding hydrogens is 232 g/mol. The number of carboxylic acid groups (broad SMARTS) is 1. The van der Waals surface area contributed by atoms with E-state index in [-0.39, 0.29) is 6.42 Å². The summed E-state index contributed by atoms with van der Waals surface area (Å²) < 4.78 is 5.10. The van der Waals surface area contributed by atoms with Crippen molar-refractivity contribution in [3.63, 3.8) is 0 Å². The first kappa shape index (κ1) is 12.6. The van der Waals surface area contributed by atoms with Gasteiger partial charge in [-0.05, 0) is 17.0 Å². The Labute approximate surface area is 106 Å². The van der Waals surface area contributed by atoms with E-state index < -0.39 is 24.0 Å². The van der Waals surface area contributed by atoms with E-state index in [1.54, 1.807) is 0 Å². The lowest BCUT2D eigenvalue weighted by molar-refractivity contribution is -0.144. The molecule has 1 aliphatic rings. The summed E-state index contributed by atoms with van der Waals surface area (Å²) in [5.74, 6) is -1.79. The minimum Gasteiger partial charge on any atom is -0.481 e. The van der Waals surface area contributed by atoms with Gasteiger partial charge in [-0.25, -0.2) is 0 Å². The Morgan fingerprint density at radius 3 is 2.44 bits per heavy atom. The van der Waals surface area contributed by atoms with Crippen molar-refractivity contribution in [1.29, 1.82) is 0 Å². The van der Waals surface area contributed by atoms with Gasteiger partial charge in [0, 0.05) is 0 Å². The smallest absolute Gasteiger partial charge is 0.311 e. The Morgan fingerprint density at radius 1 is 1.33 bits per heavy atom. The van der Waals surface area contributed by atoms with Crippen LogP contribution in [0.5, 0.6) is 0 Å². The summed E-state index contributed by atoms with van der Waals surface area (Å²) in [5, 5.41) is 9.07. The van der Waals surface area contributed by atoms with E-state index in [2.05, 4.69) is 13.8 Å². The van der Waals surface area contributed by atoms with Gasteiger partial charge >= 0.3 is 11.9 Å². The highest BCUT2D eigenvalue weighted by Gasteiger charge is 2.40. The zero-order valence-corrected chi connectivity index (χ0v) is 10.4. The molecule has 1 heterocycles. The van der Waals surface area contributed by atoms with Crippen molar-refractivity contribution in [1.82, 2.24) is 0 Å². The molecule has 0 radical (unpaired) electrons. The molecule has 1 aliphatic heterocycles. The van der Waals surface area contributed by atoms with E-state index >= 15 is 0 Å². The second-order valence-electron chi connectivity index (χ2n) is 4.88. The van der Waals surface area contributed by atoms with Gasteiger partial charge in [0.05, 0.1) is 6.42 Å². The maximum atomic E-state index is 11.2. The van der Waals surface area contributed by atoms with Gasteiger partial charge in [-0.15, -0.1) is 0 Å². The molecule has 96 valence electrons. The van der Waals surface area contributed by atoms with E-state index in [0.717, 1.165) is 5.56 Å². The summed E-state index contributed by atoms with van der Waals surface area (Å²) in [4.78, 5) is 22.3. The molecule has 0 unspecified atom stereocenters. The number of cyclic esters (lactones) is 1. The normalized spacial score (nSPS) is 23.2. The lowest BCUT2D eigenvalue weighted by Gasteiger charge is -2.15. The SMILES string of the molecule is CC(C)c1ccc([C@@H]2OC(=O)C[C@H]2C(=O)O)cc1. The maximum Gasteiger partial charge on any atom is 0.311 e. The molecular formula is C14H16O4. The quantitative estimate of drug-likeness (QED) is 0.835. The van der Waals surface area contributed by atoms with Crippen LogP contribution in [-0.2, 0) is 14.3 Å². The molecule has 0 spiro atoms. The van der Waals surface area contributed by atoms with Crippen LogP contribution in [0.3, 0.4) is 0 Å². The molecule has 1 N–H and O–H groups in total. The van der Waals surface area contributed by atoms with Crippen LogP contribution in [-0.4, -0.2) is 17.0 Å². The Hall–Kier alpha value is -1.84. The van der Waals surface area contributed by atoms with Crippen molar-refractivity contribution in [2.45, 2.75) is 32.3 Å². The number of carbonyl (C=O) groups excluding carboxylic acids is 1. The monoisotopic (exact) mass is 248 g/mol. The minimum absolute atomic E-state index is 0.0497. The van der Waals surface area contributed by atoms with Crippen molar-refractivity contribution >= 4 is 11.9 Å². The fourth-order valence-corrected chi connectivity index (χ4v) is 2.15. The molecule has 0 aromatic heterocycles. The maximum absolute atomic E-state index is 11.2. The molecule has 2 atom stereocenters. The fourth-order valence-electron chi connectivity index (χ4n) is 2.15. The van der Waals surface area contributed by atoms with Crippen LogP contribution in [0.2, 0.25) is 0 Å². The summed E-state index contributed by atoms with van der Waals surface area (Å²) in [5.41, 5.74) is 1.92. The van der Waals surface area contributed by atoms with Crippen LogP contribution < -0.4 is 0 Å². The second-order valence-corrected chi connectivity index (χ2v) is 4.88. The number of hydrogen-bond acceptors (Lipinski definition) is 3. The largest absolute Gasteiger partial charge is 0.481 e. The number of rotatable bonds is 3. The third-order valence-corrected chi connectivity index (χ3v) is 3.26. The molecule has 18 heavy (non-hydrogen) atoms. The first-order chi connectivity index (χ1) is 8.49. The van der Waals surface area contributed by atoms with Crippen LogP contribution in [0.4, 0.5) is 0 Å². The van der Waals surface area contributed by atoms with Gasteiger partial charge in [0.2, 0.25) is 0 Å². The van der Waals surface area contributed by atoms with Gasteiger partial charge in [-0.3, -0.25) is 9.59 Å². The van der Waals surface area contributed by atoms with Crippen LogP contribution in [0.15, 0.2) is 24.3 Å². The Morgan fingerprint density at radius 2 is 1.94 bits per heavy atom. The van der Waals surface area contributed by atoms with Gasteiger partial charge in [-0.2, -0.15) is 0 Å². The van der Waals surface area contributed by atoms with Crippen molar-refractivity contribution < 1.29 is 19.4 Å². The average Bonchev–Trinajstić information content (AvgIpc) is 2.71. The number of aliphatic carboxylic acids is 1. The average molecular weight is 248 g/mol. The first-order valence-electron chi connectivity index (χ1n) is 6.01. The summed E-state index contributed by atoms with van der Waals surface area (Å²) in [6.07, 6.45) is -0.706. The number of carboxylic acids is 1. The van der Waals surface area contributed by atoms with Gasteiger partial charge in [0.1, 0.15) is 12.0 Å². The summed E-state index contributed by atoms with van der Waals surface area (Å²) in [7, 11) is 0. The van der Waals surface area contributed by atoms with E-state index in [1.807, 2.05) is 24.3 Å². The van der Waals surface area contributed by atoms with Crippen molar-refractivity contribution in [3.8, 4) is 0 Å². The topological polar surface area (TPSA) is 63.6 Å². The highest BCUT2D eigenvalue weighted by atomic mass is 16.6. The Bertz CT molecular complexity index is 461. The van der Waals surface area contributed by atoms with Gasteiger partial charge < -0.3 is 9.84 Å². The van der Waals surface area contributed by atoms with E-state index in [9.17, 15) is 9.59 Å². The van der Waals surface area contributed by atoms with Crippen LogP contribution in [0, 0.1) is 5.92 Å². The third kappa shape index (κ3) is 2.37. The third-order valence-electron chi connectivity index (χ3n) is 3.26. The molecule has 1 aromatic rings. The number of hydrogen-bond donors (Lipinski definition) is 1. The number of carbonyl (C=O) groups is 2. The lowest BCUT2D eigenvalue weighted by atomic mass is 9.93. The second kappa shape index (κ2) is 4.80. The van der Waals surface area contributed by atoms with Crippen molar-refractivity contribution in [2.24, 2.45) is 5.92 Å². The van der Waals surface area contributed by atoms with Crippen LogP contribution >= 0.6 is 0 Å². The molecule has 1 saturated heterocycles. The standard InChI is InChI=1S/C14H16O4/c1-8(2)9-3-5-10(6-4-9)13-11(14(16)17)7-12(15)18-13/h3-6,8,11,13H,7H2,1-2H3,(H,16,17)/t11-,13+/m1/s1. The molecule has 1 aromatic carbocycles. The van der Waals surface area contributed by atoms with Crippen molar-refractivity contribution in [3.05, 3.63) is 35.4 Å². The Balaban J connectivity index is 2.24. The first-order valence-corrected chi connectivity index (χ1v) is 6.01. The molecule has 0 amide bonds. The molecule has 2 rings (SSSR count). The molecule has 0 saturated carbocycles. The van der Waals surface area contributed by atoms with E-state index in [0.29, 0.717) is 5.92 Å². The molecule has 0 aliphatic carbocycles. The molecule has 4 heteroatoms. The summed E-state index contributed by atoms with van der Waals surface area (Å²) in [6.45, 7) is 4.18. The zero-order chi connectivity index (χ0) is 13.3. The van der Waals surface area contributed by atoms with E-state index in [4.69, 9.17) is 9.84 Å². The number of benzene rings is 1. The molecule has 4 nitrogen and oxygen atoms in total. The van der Waals surface area contributed by atoms with Gasteiger partial charge in [-0.1, -0.05) is 38.1 Å². The predicted octanol–water partition coefficient (Wildman–Crippen LogP) is 2.50. The van der Waals surface area contributed by atoms with Crippen LogP contribution in [0.1, 0.15) is 43.4 Å². The van der Waals surface area contributed by atoms with E-state index in [1.165, 1.54) is 5.56 Å². The molecule has 1 fully saturated rings. The van der Waals surface area contributed by atoms with Gasteiger partial charge in [0.15, 0.2) is 0 Å². The highest BCUT2D eigenvalue weighted by Crippen LogP contribution is 2.35. The van der Waals surface area contributed by atoms with Crippen molar-refractivity contribution in [2.75, 3.05) is 0 Å². The highest BCUT2D eigenvalue weighted by molar-refractivity contribution is 5.82. The summed E-state index contributed by atoms with van der Waals surface area (Å²) >= 11 is 0. The minimum atomic E-state index is -0.987. The predicted molar refractivity (Wildman–Crippen MR) is 65.1 cm³/mol. The Kier molecular flexibility index (Phi) is 3.36. The zero-order valence-electron chi connectivity index (χ0n) is 10.4. The summed E-state index contributed by atoms with van der Waals surface area (Å²) in [6, 6.07) is 7.58. The van der Waals surface area contributed by atoms with Gasteiger partial charge in [0.25, 0.3) is 0 Å². The van der Waals surface area contributed by atoms with Crippen LogP contribution in [0.25, 0.3) is 0 Å². The lowest BCUT2D eigenvalue weighted by Crippen LogP contribution is -2.17. The number of ether oxygens (including phenoxy) is 1. The molecule has 0 bridgehead atoms.